The van der Waals surface area contributed by atoms with Crippen LogP contribution in [0, 0.1) is 0 Å². The van der Waals surface area contributed by atoms with Gasteiger partial charge in [-0.05, 0) is 0 Å². The van der Waals surface area contributed by atoms with E-state index < -0.39 is 30.8 Å². The number of carbonyl (C=O) groups is 1. The molecule has 78 valence electrons. The van der Waals surface area contributed by atoms with Gasteiger partial charge in [0.2, 0.25) is 11.2 Å². The second-order valence-electron chi connectivity index (χ2n) is 2.24. The summed E-state index contributed by atoms with van der Waals surface area (Å²) in [6, 6.07) is -0.510. The fourth-order valence-electron chi connectivity index (χ4n) is 0.751. The van der Waals surface area contributed by atoms with Crippen LogP contribution in [0.5, 0.6) is 0 Å². The van der Waals surface area contributed by atoms with E-state index in [1.54, 1.807) is 0 Å². The summed E-state index contributed by atoms with van der Waals surface area (Å²) in [6.07, 6.45) is 0. The Morgan fingerprint density at radius 3 is 2.64 bits per heavy atom. The van der Waals surface area contributed by atoms with E-state index in [1.165, 1.54) is 0 Å². The molecule has 0 radical (unpaired) electrons. The van der Waals surface area contributed by atoms with Crippen molar-refractivity contribution in [2.75, 3.05) is 12.8 Å². The largest absolute Gasteiger partial charge is 0.463 e. The Bertz CT molecular complexity index is 406. The van der Waals surface area contributed by atoms with Crippen molar-refractivity contribution >= 4 is 25.0 Å². The minimum absolute atomic E-state index is 0.510. The number of esters is 1. The van der Waals surface area contributed by atoms with Gasteiger partial charge in [-0.15, -0.1) is 0 Å². The van der Waals surface area contributed by atoms with Crippen LogP contribution < -0.4 is 11.2 Å². The number of aromatic nitrogens is 1. The zero-order valence-electron chi connectivity index (χ0n) is 7.00. The van der Waals surface area contributed by atoms with E-state index in [1.807, 2.05) is 0 Å². The van der Waals surface area contributed by atoms with Crippen LogP contribution in [0.15, 0.2) is 4.42 Å². The predicted molar refractivity (Wildman–Crippen MR) is 43.9 cm³/mol. The molecule has 0 atom stereocenters. The van der Waals surface area contributed by atoms with Crippen LogP contribution in [0.4, 0.5) is 6.01 Å². The molecule has 0 aliphatic rings. The van der Waals surface area contributed by atoms with Gasteiger partial charge >= 0.3 is 13.6 Å². The third kappa shape index (κ3) is 1.92. The van der Waals surface area contributed by atoms with Crippen LogP contribution >= 0.6 is 7.60 Å². The molecule has 0 aliphatic carbocycles. The molecule has 0 fully saturated rings. The summed E-state index contributed by atoms with van der Waals surface area (Å²) in [4.78, 5) is 31.6. The maximum atomic E-state index is 10.9. The summed E-state index contributed by atoms with van der Waals surface area (Å²) in [7, 11) is -3.66. The summed E-state index contributed by atoms with van der Waals surface area (Å²) >= 11 is 0. The van der Waals surface area contributed by atoms with Crippen molar-refractivity contribution in [2.45, 2.75) is 0 Å². The molecule has 1 aromatic rings. The number of hydrogen-bond donors (Lipinski definition) is 3. The lowest BCUT2D eigenvalue weighted by atomic mass is 10.5. The van der Waals surface area contributed by atoms with Gasteiger partial charge in [0.05, 0.1) is 7.11 Å². The number of anilines is 1. The van der Waals surface area contributed by atoms with Crippen molar-refractivity contribution in [3.8, 4) is 0 Å². The molecule has 0 amide bonds. The SMILES string of the molecule is COC(=O)c1oc(N)nc1P(=O)(O)O. The Labute approximate surface area is 77.8 Å². The van der Waals surface area contributed by atoms with Crippen LogP contribution in [-0.2, 0) is 9.30 Å². The molecular formula is C5H7N2O6P. The summed E-state index contributed by atoms with van der Waals surface area (Å²) in [5.74, 6) is -1.73. The van der Waals surface area contributed by atoms with Crippen molar-refractivity contribution in [3.05, 3.63) is 5.76 Å². The lowest BCUT2D eigenvalue weighted by molar-refractivity contribution is 0.0568. The van der Waals surface area contributed by atoms with Crippen LogP contribution in [0.3, 0.4) is 0 Å². The van der Waals surface area contributed by atoms with Gasteiger partial charge in [0, 0.05) is 0 Å². The first-order chi connectivity index (χ1) is 6.36. The molecule has 8 nitrogen and oxygen atoms in total. The number of hydrogen-bond acceptors (Lipinski definition) is 6. The smallest absolute Gasteiger partial charge is 0.378 e. The van der Waals surface area contributed by atoms with Crippen LogP contribution in [0.1, 0.15) is 10.6 Å². The number of methoxy groups -OCH3 is 1. The average Bonchev–Trinajstić information content (AvgIpc) is 2.45. The zero-order valence-corrected chi connectivity index (χ0v) is 7.89. The van der Waals surface area contributed by atoms with E-state index in [0.29, 0.717) is 0 Å². The monoisotopic (exact) mass is 222 g/mol. The van der Waals surface area contributed by atoms with Gasteiger partial charge in [-0.25, -0.2) is 4.79 Å². The molecule has 1 heterocycles. The number of nitrogens with zero attached hydrogens (tertiary/aromatic N) is 1. The normalized spacial score (nSPS) is 11.4. The molecule has 0 aromatic carbocycles. The Kier molecular flexibility index (Phi) is 2.61. The van der Waals surface area contributed by atoms with Crippen LogP contribution in [0.25, 0.3) is 0 Å². The molecule has 9 heteroatoms. The Hall–Kier alpha value is -1.37. The number of oxazole rings is 1. The number of nitrogen functional groups attached to an aromatic ring is 1. The highest BCUT2D eigenvalue weighted by atomic mass is 31.2. The zero-order chi connectivity index (χ0) is 10.9. The first-order valence-electron chi connectivity index (χ1n) is 3.27. The fourth-order valence-corrected chi connectivity index (χ4v) is 1.38. The molecule has 4 N–H and O–H groups in total. The van der Waals surface area contributed by atoms with Gasteiger partial charge in [0.1, 0.15) is 0 Å². The maximum absolute atomic E-state index is 10.9. The van der Waals surface area contributed by atoms with Gasteiger partial charge in [-0.1, -0.05) is 0 Å². The number of nitrogens with two attached hydrogens (primary N) is 1. The first-order valence-corrected chi connectivity index (χ1v) is 4.88. The minimum Gasteiger partial charge on any atom is -0.463 e. The number of carbonyl (C=O) groups excluding carboxylic acids is 1. The molecule has 0 bridgehead atoms. The molecule has 0 spiro atoms. The molecule has 0 saturated carbocycles. The lowest BCUT2D eigenvalue weighted by Crippen LogP contribution is -2.16. The van der Waals surface area contributed by atoms with E-state index in [2.05, 4.69) is 14.1 Å². The Morgan fingerprint density at radius 1 is 1.64 bits per heavy atom. The van der Waals surface area contributed by atoms with Gasteiger partial charge in [-0.2, -0.15) is 4.98 Å². The molecule has 0 unspecified atom stereocenters. The predicted octanol–water partition coefficient (Wildman–Crippen LogP) is -1.15. The molecular weight excluding hydrogens is 215 g/mol. The van der Waals surface area contributed by atoms with Gasteiger partial charge in [0.15, 0.2) is 0 Å². The van der Waals surface area contributed by atoms with Gasteiger partial charge in [0.25, 0.3) is 6.01 Å². The first kappa shape index (κ1) is 10.7. The summed E-state index contributed by atoms with van der Waals surface area (Å²) < 4.78 is 19.5. The maximum Gasteiger partial charge on any atom is 0.378 e. The highest BCUT2D eigenvalue weighted by Crippen LogP contribution is 2.34. The molecule has 14 heavy (non-hydrogen) atoms. The van der Waals surface area contributed by atoms with E-state index in [-0.39, 0.29) is 0 Å². The molecule has 0 saturated heterocycles. The van der Waals surface area contributed by atoms with Crippen LogP contribution in [-0.4, -0.2) is 27.8 Å². The number of rotatable bonds is 2. The van der Waals surface area contributed by atoms with E-state index in [4.69, 9.17) is 15.5 Å². The highest BCUT2D eigenvalue weighted by Gasteiger charge is 2.32. The van der Waals surface area contributed by atoms with E-state index in [0.717, 1.165) is 7.11 Å². The standard InChI is InChI=1S/C5H7N2O6P/c1-12-4(8)2-3(14(9,10)11)7-5(6)13-2/h1H3,(H2,6,7)(H2,9,10,11). The van der Waals surface area contributed by atoms with Gasteiger partial charge < -0.3 is 24.7 Å². The molecule has 1 aromatic heterocycles. The van der Waals surface area contributed by atoms with Crippen molar-refractivity contribution in [1.29, 1.82) is 0 Å². The number of ether oxygens (including phenoxy) is 1. The molecule has 1 rings (SSSR count). The van der Waals surface area contributed by atoms with Gasteiger partial charge in [-0.3, -0.25) is 4.57 Å². The van der Waals surface area contributed by atoms with E-state index in [9.17, 15) is 9.36 Å². The average molecular weight is 222 g/mol. The van der Waals surface area contributed by atoms with Crippen molar-refractivity contribution < 1.29 is 28.3 Å². The summed E-state index contributed by atoms with van der Waals surface area (Å²) in [5, 5.41) is 0. The van der Waals surface area contributed by atoms with Crippen molar-refractivity contribution in [1.82, 2.24) is 4.98 Å². The molecule has 0 aliphatic heterocycles. The van der Waals surface area contributed by atoms with E-state index >= 15 is 0 Å². The third-order valence-corrected chi connectivity index (χ3v) is 2.13. The second kappa shape index (κ2) is 3.41. The highest BCUT2D eigenvalue weighted by molar-refractivity contribution is 7.60. The minimum atomic E-state index is -4.69. The van der Waals surface area contributed by atoms with Crippen molar-refractivity contribution in [3.63, 3.8) is 0 Å². The fraction of sp³-hybridized carbons (Fsp3) is 0.200. The quantitative estimate of drug-likeness (QED) is 0.421. The topological polar surface area (TPSA) is 136 Å². The lowest BCUT2D eigenvalue weighted by Gasteiger charge is -1.99. The Balaban J connectivity index is 3.30. The third-order valence-electron chi connectivity index (χ3n) is 1.27. The second-order valence-corrected chi connectivity index (χ2v) is 3.75. The summed E-state index contributed by atoms with van der Waals surface area (Å²) in [6.45, 7) is 0. The summed E-state index contributed by atoms with van der Waals surface area (Å²) in [5.41, 5.74) is 4.22. The Morgan fingerprint density at radius 2 is 2.21 bits per heavy atom. The van der Waals surface area contributed by atoms with Crippen LogP contribution in [0.2, 0.25) is 0 Å². The van der Waals surface area contributed by atoms with Crippen molar-refractivity contribution in [2.24, 2.45) is 0 Å².